The maximum Gasteiger partial charge on any atom is 0.244 e. The summed E-state index contributed by atoms with van der Waals surface area (Å²) in [6, 6.07) is 7.70. The molecule has 0 unspecified atom stereocenters. The standard InChI is InChI=1S/C11H13IN2O.ClH/c12-8-2-4-9(5-3-8)14-10(15)11(13)6-1-7-11;/h2-5H,1,6-7,13H2,(H,14,15);1H. The highest BCUT2D eigenvalue weighted by atomic mass is 127. The molecule has 1 aliphatic carbocycles. The van der Waals surface area contributed by atoms with E-state index in [0.717, 1.165) is 28.5 Å². The van der Waals surface area contributed by atoms with Gasteiger partial charge >= 0.3 is 0 Å². The summed E-state index contributed by atoms with van der Waals surface area (Å²) in [7, 11) is 0. The van der Waals surface area contributed by atoms with Crippen LogP contribution in [0.3, 0.4) is 0 Å². The lowest BCUT2D eigenvalue weighted by atomic mass is 9.77. The topological polar surface area (TPSA) is 55.1 Å². The fraction of sp³-hybridized carbons (Fsp3) is 0.364. The van der Waals surface area contributed by atoms with Crippen molar-refractivity contribution >= 4 is 46.6 Å². The fourth-order valence-corrected chi connectivity index (χ4v) is 1.93. The molecule has 0 aromatic heterocycles. The second-order valence-electron chi connectivity index (χ2n) is 3.97. The molecule has 16 heavy (non-hydrogen) atoms. The van der Waals surface area contributed by atoms with E-state index in [-0.39, 0.29) is 18.3 Å². The van der Waals surface area contributed by atoms with E-state index < -0.39 is 5.54 Å². The van der Waals surface area contributed by atoms with E-state index in [2.05, 4.69) is 27.9 Å². The molecule has 0 saturated heterocycles. The Hall–Kier alpha value is -0.330. The summed E-state index contributed by atoms with van der Waals surface area (Å²) < 4.78 is 1.15. The van der Waals surface area contributed by atoms with Crippen molar-refractivity contribution < 1.29 is 4.79 Å². The van der Waals surface area contributed by atoms with Crippen molar-refractivity contribution in [1.29, 1.82) is 0 Å². The monoisotopic (exact) mass is 352 g/mol. The third kappa shape index (κ3) is 2.87. The fourth-order valence-electron chi connectivity index (χ4n) is 1.57. The van der Waals surface area contributed by atoms with Crippen molar-refractivity contribution in [2.75, 3.05) is 5.32 Å². The average molecular weight is 353 g/mol. The van der Waals surface area contributed by atoms with Gasteiger partial charge < -0.3 is 11.1 Å². The van der Waals surface area contributed by atoms with Crippen molar-refractivity contribution in [3.8, 4) is 0 Å². The van der Waals surface area contributed by atoms with Crippen LogP contribution in [0.2, 0.25) is 0 Å². The van der Waals surface area contributed by atoms with E-state index >= 15 is 0 Å². The van der Waals surface area contributed by atoms with Crippen LogP contribution in [0.25, 0.3) is 0 Å². The summed E-state index contributed by atoms with van der Waals surface area (Å²) in [6.45, 7) is 0. The maximum atomic E-state index is 11.8. The molecule has 5 heteroatoms. The zero-order valence-electron chi connectivity index (χ0n) is 8.70. The number of hydrogen-bond donors (Lipinski definition) is 2. The normalized spacial score (nSPS) is 16.9. The van der Waals surface area contributed by atoms with Crippen LogP contribution in [0.1, 0.15) is 19.3 Å². The number of nitrogens with two attached hydrogens (primary N) is 1. The first-order chi connectivity index (χ1) is 7.10. The molecule has 3 nitrogen and oxygen atoms in total. The van der Waals surface area contributed by atoms with E-state index in [1.54, 1.807) is 0 Å². The van der Waals surface area contributed by atoms with Crippen molar-refractivity contribution in [1.82, 2.24) is 0 Å². The highest BCUT2D eigenvalue weighted by molar-refractivity contribution is 14.1. The summed E-state index contributed by atoms with van der Waals surface area (Å²) in [4.78, 5) is 11.8. The Bertz CT molecular complexity index is 376. The second kappa shape index (κ2) is 5.33. The molecule has 1 aromatic carbocycles. The van der Waals surface area contributed by atoms with Gasteiger partial charge in [0, 0.05) is 9.26 Å². The lowest BCUT2D eigenvalue weighted by Gasteiger charge is -2.36. The number of benzene rings is 1. The van der Waals surface area contributed by atoms with E-state index in [9.17, 15) is 4.79 Å². The van der Waals surface area contributed by atoms with E-state index in [1.807, 2.05) is 24.3 Å². The molecule has 88 valence electrons. The van der Waals surface area contributed by atoms with Crippen LogP contribution in [-0.2, 0) is 4.79 Å². The number of anilines is 1. The number of carbonyl (C=O) groups excluding carboxylic acids is 1. The molecule has 1 aliphatic rings. The van der Waals surface area contributed by atoms with Gasteiger partial charge in [-0.05, 0) is 66.1 Å². The van der Waals surface area contributed by atoms with Crippen LogP contribution in [0.15, 0.2) is 24.3 Å². The van der Waals surface area contributed by atoms with Crippen LogP contribution in [-0.4, -0.2) is 11.4 Å². The van der Waals surface area contributed by atoms with E-state index in [4.69, 9.17) is 5.73 Å². The third-order valence-electron chi connectivity index (χ3n) is 2.80. The minimum Gasteiger partial charge on any atom is -0.324 e. The molecule has 0 heterocycles. The second-order valence-corrected chi connectivity index (χ2v) is 5.22. The van der Waals surface area contributed by atoms with Crippen molar-refractivity contribution in [2.24, 2.45) is 5.73 Å². The Labute approximate surface area is 115 Å². The summed E-state index contributed by atoms with van der Waals surface area (Å²) in [6.07, 6.45) is 2.64. The zero-order valence-corrected chi connectivity index (χ0v) is 11.7. The first-order valence-electron chi connectivity index (χ1n) is 4.96. The summed E-state index contributed by atoms with van der Waals surface area (Å²) in [5.74, 6) is -0.0602. The van der Waals surface area contributed by atoms with Gasteiger partial charge in [0.2, 0.25) is 5.91 Å². The van der Waals surface area contributed by atoms with Crippen molar-refractivity contribution in [3.63, 3.8) is 0 Å². The Morgan fingerprint density at radius 3 is 2.31 bits per heavy atom. The largest absolute Gasteiger partial charge is 0.324 e. The number of nitrogens with one attached hydrogen (secondary N) is 1. The Morgan fingerprint density at radius 2 is 1.88 bits per heavy atom. The molecule has 1 saturated carbocycles. The third-order valence-corrected chi connectivity index (χ3v) is 3.52. The molecule has 1 aromatic rings. The van der Waals surface area contributed by atoms with Gasteiger partial charge in [-0.3, -0.25) is 4.79 Å². The first kappa shape index (κ1) is 13.7. The average Bonchev–Trinajstić information content (AvgIpc) is 2.18. The number of halogens is 2. The van der Waals surface area contributed by atoms with Crippen molar-refractivity contribution in [3.05, 3.63) is 27.8 Å². The number of amides is 1. The Morgan fingerprint density at radius 1 is 1.31 bits per heavy atom. The van der Waals surface area contributed by atoms with Gasteiger partial charge in [0.1, 0.15) is 0 Å². The molecule has 0 spiro atoms. The highest BCUT2D eigenvalue weighted by Crippen LogP contribution is 2.30. The highest BCUT2D eigenvalue weighted by Gasteiger charge is 2.39. The van der Waals surface area contributed by atoms with Gasteiger partial charge in [-0.2, -0.15) is 0 Å². The van der Waals surface area contributed by atoms with Gasteiger partial charge in [-0.15, -0.1) is 12.4 Å². The molecule has 1 fully saturated rings. The molecular weight excluding hydrogens is 338 g/mol. The quantitative estimate of drug-likeness (QED) is 0.804. The molecule has 0 atom stereocenters. The minimum atomic E-state index is -0.622. The van der Waals surface area contributed by atoms with Crippen LogP contribution in [0, 0.1) is 3.57 Å². The van der Waals surface area contributed by atoms with Gasteiger partial charge in [-0.25, -0.2) is 0 Å². The van der Waals surface area contributed by atoms with Crippen LogP contribution >= 0.6 is 35.0 Å². The first-order valence-corrected chi connectivity index (χ1v) is 6.04. The molecule has 0 bridgehead atoms. The predicted octanol–water partition coefficient (Wildman–Crippen LogP) is 2.53. The number of carbonyl (C=O) groups is 1. The van der Waals surface area contributed by atoms with Crippen LogP contribution in [0.4, 0.5) is 5.69 Å². The molecular formula is C11H14ClIN2O. The van der Waals surface area contributed by atoms with Gasteiger partial charge in [0.15, 0.2) is 0 Å². The smallest absolute Gasteiger partial charge is 0.244 e. The molecule has 3 N–H and O–H groups in total. The Balaban J connectivity index is 0.00000128. The van der Waals surface area contributed by atoms with Crippen LogP contribution in [0.5, 0.6) is 0 Å². The molecule has 1 amide bonds. The number of hydrogen-bond acceptors (Lipinski definition) is 2. The van der Waals surface area contributed by atoms with Gasteiger partial charge in [0.05, 0.1) is 5.54 Å². The maximum absolute atomic E-state index is 11.8. The SMILES string of the molecule is Cl.NC1(C(=O)Nc2ccc(I)cc2)CCC1. The minimum absolute atomic E-state index is 0. The summed E-state index contributed by atoms with van der Waals surface area (Å²) in [5, 5.41) is 2.84. The van der Waals surface area contributed by atoms with E-state index in [1.165, 1.54) is 0 Å². The lowest BCUT2D eigenvalue weighted by Crippen LogP contribution is -2.56. The van der Waals surface area contributed by atoms with Crippen LogP contribution < -0.4 is 11.1 Å². The van der Waals surface area contributed by atoms with Crippen molar-refractivity contribution in [2.45, 2.75) is 24.8 Å². The lowest BCUT2D eigenvalue weighted by molar-refractivity contribution is -0.123. The summed E-state index contributed by atoms with van der Waals surface area (Å²) >= 11 is 2.23. The zero-order chi connectivity index (χ0) is 10.9. The molecule has 0 aliphatic heterocycles. The predicted molar refractivity (Wildman–Crippen MR) is 75.8 cm³/mol. The molecule has 2 rings (SSSR count). The summed E-state index contributed by atoms with van der Waals surface area (Å²) in [5.41, 5.74) is 6.11. The van der Waals surface area contributed by atoms with Gasteiger partial charge in [-0.1, -0.05) is 0 Å². The van der Waals surface area contributed by atoms with E-state index in [0.29, 0.717) is 0 Å². The van der Waals surface area contributed by atoms with Gasteiger partial charge in [0.25, 0.3) is 0 Å². The Kier molecular flexibility index (Phi) is 4.58. The molecule has 0 radical (unpaired) electrons. The number of rotatable bonds is 2.